The van der Waals surface area contributed by atoms with E-state index in [-0.39, 0.29) is 22.4 Å². The third-order valence-electron chi connectivity index (χ3n) is 3.56. The molecule has 2 aromatic rings. The molecule has 0 aliphatic heterocycles. The van der Waals surface area contributed by atoms with Crippen molar-refractivity contribution in [1.29, 1.82) is 0 Å². The number of carbonyl (C=O) groups excluding carboxylic acids is 2. The quantitative estimate of drug-likeness (QED) is 0.495. The average molecular weight is 449 g/mol. The molecule has 1 heterocycles. The first kappa shape index (κ1) is 23.2. The van der Waals surface area contributed by atoms with E-state index in [1.165, 1.54) is 31.2 Å². The van der Waals surface area contributed by atoms with E-state index in [9.17, 15) is 27.9 Å². The monoisotopic (exact) mass is 448 g/mol. The highest BCUT2D eigenvalue weighted by Crippen LogP contribution is 2.34. The normalized spacial score (nSPS) is 13.2. The summed E-state index contributed by atoms with van der Waals surface area (Å²) in [5.74, 6) is -1.58. The molecule has 8 nitrogen and oxygen atoms in total. The van der Waals surface area contributed by atoms with Crippen molar-refractivity contribution < 1.29 is 42.1 Å². The van der Waals surface area contributed by atoms with E-state index >= 15 is 0 Å². The highest BCUT2D eigenvalue weighted by molar-refractivity contribution is 6.31. The standard InChI is InChI=1S/C18H16ClF3N2O6/c1-9(14(25)24-15(26)17(27)28-2)29-11-3-5-12(6-4-11)30-16-13(19)7-10(8-23-16)18(20,21)22/h3-9,15,26H,1-2H3,(H,24,25). The minimum atomic E-state index is -4.58. The van der Waals surface area contributed by atoms with Gasteiger partial charge >= 0.3 is 12.1 Å². The Morgan fingerprint density at radius 2 is 1.80 bits per heavy atom. The molecule has 0 saturated carbocycles. The highest BCUT2D eigenvalue weighted by atomic mass is 35.5. The molecule has 12 heteroatoms. The summed E-state index contributed by atoms with van der Waals surface area (Å²) >= 11 is 5.78. The fourth-order valence-electron chi connectivity index (χ4n) is 2.03. The Morgan fingerprint density at radius 3 is 2.33 bits per heavy atom. The number of alkyl halides is 3. The van der Waals surface area contributed by atoms with Gasteiger partial charge in [-0.1, -0.05) is 11.6 Å². The number of pyridine rings is 1. The Hall–Kier alpha value is -3.05. The number of rotatable bonds is 7. The van der Waals surface area contributed by atoms with E-state index in [1.54, 1.807) is 0 Å². The van der Waals surface area contributed by atoms with Crippen LogP contribution in [0.5, 0.6) is 17.4 Å². The van der Waals surface area contributed by atoms with Crippen molar-refractivity contribution in [3.8, 4) is 17.4 Å². The number of esters is 1. The number of methoxy groups -OCH3 is 1. The lowest BCUT2D eigenvalue weighted by molar-refractivity contribution is -0.155. The van der Waals surface area contributed by atoms with Crippen molar-refractivity contribution in [2.75, 3.05) is 7.11 Å². The second-order valence-corrected chi connectivity index (χ2v) is 6.18. The summed E-state index contributed by atoms with van der Waals surface area (Å²) in [6, 6.07) is 6.38. The van der Waals surface area contributed by atoms with Gasteiger partial charge in [0.2, 0.25) is 12.1 Å². The number of benzene rings is 1. The van der Waals surface area contributed by atoms with Crippen molar-refractivity contribution in [3.05, 3.63) is 47.1 Å². The molecule has 0 spiro atoms. The SMILES string of the molecule is COC(=O)C(O)NC(=O)C(C)Oc1ccc(Oc2ncc(C(F)(F)F)cc2Cl)cc1. The molecule has 0 radical (unpaired) electrons. The molecular weight excluding hydrogens is 433 g/mol. The van der Waals surface area contributed by atoms with Gasteiger partial charge in [-0.2, -0.15) is 13.2 Å². The molecule has 0 fully saturated rings. The van der Waals surface area contributed by atoms with Gasteiger partial charge in [-0.25, -0.2) is 9.78 Å². The highest BCUT2D eigenvalue weighted by Gasteiger charge is 2.31. The number of aliphatic hydroxyl groups excluding tert-OH is 1. The van der Waals surface area contributed by atoms with Crippen molar-refractivity contribution >= 4 is 23.5 Å². The van der Waals surface area contributed by atoms with Crippen LogP contribution in [-0.4, -0.2) is 41.4 Å². The summed E-state index contributed by atoms with van der Waals surface area (Å²) < 4.78 is 52.9. The molecule has 2 unspecified atom stereocenters. The molecule has 0 saturated heterocycles. The smallest absolute Gasteiger partial charge is 0.417 e. The molecule has 2 rings (SSSR count). The largest absolute Gasteiger partial charge is 0.481 e. The minimum Gasteiger partial charge on any atom is -0.481 e. The molecule has 162 valence electrons. The maximum absolute atomic E-state index is 12.6. The third kappa shape index (κ3) is 6.22. The molecule has 2 N–H and O–H groups in total. The van der Waals surface area contributed by atoms with Crippen LogP contribution >= 0.6 is 11.6 Å². The van der Waals surface area contributed by atoms with Crippen LogP contribution in [0, 0.1) is 0 Å². The number of carbonyl (C=O) groups is 2. The third-order valence-corrected chi connectivity index (χ3v) is 3.83. The number of hydrogen-bond acceptors (Lipinski definition) is 7. The Kier molecular flexibility index (Phi) is 7.46. The van der Waals surface area contributed by atoms with Gasteiger partial charge in [-0.3, -0.25) is 4.79 Å². The lowest BCUT2D eigenvalue weighted by atomic mass is 10.3. The zero-order valence-corrected chi connectivity index (χ0v) is 16.3. The molecule has 30 heavy (non-hydrogen) atoms. The van der Waals surface area contributed by atoms with Gasteiger partial charge < -0.3 is 24.6 Å². The maximum Gasteiger partial charge on any atom is 0.417 e. The lowest BCUT2D eigenvalue weighted by Gasteiger charge is -2.17. The first-order valence-electron chi connectivity index (χ1n) is 8.25. The summed E-state index contributed by atoms with van der Waals surface area (Å²) in [5.41, 5.74) is -1.01. The summed E-state index contributed by atoms with van der Waals surface area (Å²) in [7, 11) is 1.05. The number of aromatic nitrogens is 1. The predicted molar refractivity (Wildman–Crippen MR) is 97.0 cm³/mol. The van der Waals surface area contributed by atoms with E-state index in [4.69, 9.17) is 21.1 Å². The zero-order chi connectivity index (χ0) is 22.5. The molecule has 0 aliphatic rings. The molecular formula is C18H16ClF3N2O6. The van der Waals surface area contributed by atoms with Crippen molar-refractivity contribution in [1.82, 2.24) is 10.3 Å². The predicted octanol–water partition coefficient (Wildman–Crippen LogP) is 2.92. The molecule has 0 bridgehead atoms. The maximum atomic E-state index is 12.6. The molecule has 2 atom stereocenters. The van der Waals surface area contributed by atoms with E-state index < -0.39 is 35.9 Å². The van der Waals surface area contributed by atoms with E-state index in [2.05, 4.69) is 9.72 Å². The van der Waals surface area contributed by atoms with Crippen LogP contribution in [-0.2, 0) is 20.5 Å². The lowest BCUT2D eigenvalue weighted by Crippen LogP contribution is -2.46. The summed E-state index contributed by atoms with van der Waals surface area (Å²) in [4.78, 5) is 26.5. The van der Waals surface area contributed by atoms with Gasteiger partial charge in [-0.15, -0.1) is 0 Å². The fourth-order valence-corrected chi connectivity index (χ4v) is 2.24. The Bertz CT molecular complexity index is 908. The van der Waals surface area contributed by atoms with E-state index in [1.807, 2.05) is 5.32 Å². The summed E-state index contributed by atoms with van der Waals surface area (Å²) in [6.07, 6.45) is -6.88. The van der Waals surface area contributed by atoms with Gasteiger partial charge in [0.1, 0.15) is 16.5 Å². The average Bonchev–Trinajstić information content (AvgIpc) is 2.69. The van der Waals surface area contributed by atoms with Gasteiger partial charge in [0.05, 0.1) is 12.7 Å². The first-order valence-corrected chi connectivity index (χ1v) is 8.62. The number of nitrogens with zero attached hydrogens (tertiary/aromatic N) is 1. The van der Waals surface area contributed by atoms with Gasteiger partial charge in [-0.05, 0) is 37.3 Å². The zero-order valence-electron chi connectivity index (χ0n) is 15.6. The van der Waals surface area contributed by atoms with Crippen LogP contribution in [0.2, 0.25) is 5.02 Å². The number of ether oxygens (including phenoxy) is 3. The van der Waals surface area contributed by atoms with E-state index in [0.717, 1.165) is 7.11 Å². The second-order valence-electron chi connectivity index (χ2n) is 5.78. The summed E-state index contributed by atoms with van der Waals surface area (Å²) in [5, 5.41) is 11.1. The fraction of sp³-hybridized carbons (Fsp3) is 0.278. The van der Waals surface area contributed by atoms with Crippen LogP contribution in [0.4, 0.5) is 13.2 Å². The number of nitrogens with one attached hydrogen (secondary N) is 1. The van der Waals surface area contributed by atoms with Crippen LogP contribution in [0.25, 0.3) is 0 Å². The van der Waals surface area contributed by atoms with Crippen LogP contribution in [0.1, 0.15) is 12.5 Å². The molecule has 1 aromatic heterocycles. The van der Waals surface area contributed by atoms with Crippen molar-refractivity contribution in [3.63, 3.8) is 0 Å². The molecule has 1 aromatic carbocycles. The van der Waals surface area contributed by atoms with Crippen molar-refractivity contribution in [2.45, 2.75) is 25.4 Å². The Balaban J connectivity index is 1.98. The van der Waals surface area contributed by atoms with E-state index in [0.29, 0.717) is 12.3 Å². The summed E-state index contributed by atoms with van der Waals surface area (Å²) in [6.45, 7) is 1.38. The van der Waals surface area contributed by atoms with Crippen molar-refractivity contribution in [2.24, 2.45) is 0 Å². The number of hydrogen-bond donors (Lipinski definition) is 2. The van der Waals surface area contributed by atoms with Gasteiger partial charge in [0.25, 0.3) is 5.91 Å². The number of aliphatic hydroxyl groups is 1. The molecule has 1 amide bonds. The second kappa shape index (κ2) is 9.63. The minimum absolute atomic E-state index is 0.203. The molecule has 0 aliphatic carbocycles. The van der Waals surface area contributed by atoms with Crippen LogP contribution in [0.3, 0.4) is 0 Å². The first-order chi connectivity index (χ1) is 14.0. The Morgan fingerprint density at radius 1 is 1.20 bits per heavy atom. The Labute approximate surface area is 173 Å². The van der Waals surface area contributed by atoms with Gasteiger partial charge in [0.15, 0.2) is 6.10 Å². The number of halogens is 4. The van der Waals surface area contributed by atoms with Gasteiger partial charge in [0, 0.05) is 6.20 Å². The van der Waals surface area contributed by atoms with Crippen LogP contribution in [0.15, 0.2) is 36.5 Å². The van der Waals surface area contributed by atoms with Crippen LogP contribution < -0.4 is 14.8 Å². The number of amides is 1. The topological polar surface area (TPSA) is 107 Å².